The Labute approximate surface area is 85.2 Å². The van der Waals surface area contributed by atoms with Crippen LogP contribution in [0.5, 0.6) is 0 Å². The maximum Gasteiger partial charge on any atom is 0.0270 e. The summed E-state index contributed by atoms with van der Waals surface area (Å²) in [4.78, 5) is 4.02. The molecule has 1 saturated heterocycles. The Morgan fingerprint density at radius 1 is 1.15 bits per heavy atom. The Balaban J connectivity index is 0.000000845. The van der Waals surface area contributed by atoms with Crippen LogP contribution in [0.2, 0.25) is 0 Å². The lowest BCUT2D eigenvalue weighted by Crippen LogP contribution is -2.26. The van der Waals surface area contributed by atoms with Gasteiger partial charge in [-0.1, -0.05) is 0 Å². The molecule has 2 rings (SSSR count). The molecular weight excluding hydrogens is 184 g/mol. The predicted octanol–water partition coefficient (Wildman–Crippen LogP) is 1.97. The van der Waals surface area contributed by atoms with Crippen molar-refractivity contribution in [1.82, 2.24) is 10.3 Å². The first-order valence-corrected chi connectivity index (χ1v) is 4.57. The van der Waals surface area contributed by atoms with Gasteiger partial charge in [-0.2, -0.15) is 0 Å². The second kappa shape index (κ2) is 5.20. The quantitative estimate of drug-likeness (QED) is 0.747. The summed E-state index contributed by atoms with van der Waals surface area (Å²) in [6.45, 7) is 2.32. The van der Waals surface area contributed by atoms with Crippen LogP contribution in [0.3, 0.4) is 0 Å². The van der Waals surface area contributed by atoms with Crippen LogP contribution in [0.25, 0.3) is 0 Å². The van der Waals surface area contributed by atoms with Crippen LogP contribution in [-0.2, 0) is 0 Å². The zero-order chi connectivity index (χ0) is 8.23. The van der Waals surface area contributed by atoms with Gasteiger partial charge < -0.3 is 5.32 Å². The third-order valence-corrected chi connectivity index (χ3v) is 2.52. The van der Waals surface area contributed by atoms with Crippen molar-refractivity contribution in [3.63, 3.8) is 0 Å². The molecule has 0 saturated carbocycles. The van der Waals surface area contributed by atoms with Gasteiger partial charge >= 0.3 is 0 Å². The molecule has 1 N–H and O–H groups in total. The number of pyridine rings is 1. The fourth-order valence-corrected chi connectivity index (χ4v) is 1.79. The van der Waals surface area contributed by atoms with Gasteiger partial charge in [-0.15, -0.1) is 12.4 Å². The molecule has 13 heavy (non-hydrogen) atoms. The van der Waals surface area contributed by atoms with Gasteiger partial charge in [0.05, 0.1) is 0 Å². The second-order valence-electron chi connectivity index (χ2n) is 3.30. The zero-order valence-corrected chi connectivity index (χ0v) is 8.39. The number of hydrogen-bond acceptors (Lipinski definition) is 2. The third-order valence-electron chi connectivity index (χ3n) is 2.52. The van der Waals surface area contributed by atoms with Crippen molar-refractivity contribution in [2.45, 2.75) is 18.8 Å². The van der Waals surface area contributed by atoms with E-state index in [4.69, 9.17) is 0 Å². The van der Waals surface area contributed by atoms with Crippen LogP contribution >= 0.6 is 12.4 Å². The molecule has 0 aliphatic carbocycles. The lowest BCUT2D eigenvalue weighted by molar-refractivity contribution is 0.460. The van der Waals surface area contributed by atoms with Crippen LogP contribution in [0, 0.1) is 0 Å². The zero-order valence-electron chi connectivity index (χ0n) is 7.57. The van der Waals surface area contributed by atoms with E-state index in [0.717, 1.165) is 19.0 Å². The molecule has 0 aromatic carbocycles. The third kappa shape index (κ3) is 2.68. The molecule has 1 aliphatic rings. The minimum atomic E-state index is 0. The van der Waals surface area contributed by atoms with E-state index in [1.54, 1.807) is 0 Å². The summed E-state index contributed by atoms with van der Waals surface area (Å²) >= 11 is 0. The Morgan fingerprint density at radius 2 is 1.77 bits per heavy atom. The fraction of sp³-hybridized carbons (Fsp3) is 0.500. The molecular formula is C10H15ClN2. The predicted molar refractivity (Wildman–Crippen MR) is 56.3 cm³/mol. The van der Waals surface area contributed by atoms with Gasteiger partial charge in [0, 0.05) is 12.4 Å². The smallest absolute Gasteiger partial charge is 0.0270 e. The maximum atomic E-state index is 4.02. The summed E-state index contributed by atoms with van der Waals surface area (Å²) in [5, 5.41) is 3.37. The van der Waals surface area contributed by atoms with E-state index < -0.39 is 0 Å². The first kappa shape index (κ1) is 10.5. The van der Waals surface area contributed by atoms with Crippen molar-refractivity contribution in [3.05, 3.63) is 30.1 Å². The Bertz CT molecular complexity index is 232. The molecule has 3 heteroatoms. The molecule has 0 atom stereocenters. The maximum absolute atomic E-state index is 4.02. The van der Waals surface area contributed by atoms with Crippen molar-refractivity contribution in [2.75, 3.05) is 13.1 Å². The van der Waals surface area contributed by atoms with Crippen molar-refractivity contribution < 1.29 is 0 Å². The minimum absolute atomic E-state index is 0. The van der Waals surface area contributed by atoms with E-state index in [1.807, 2.05) is 12.4 Å². The van der Waals surface area contributed by atoms with E-state index in [1.165, 1.54) is 18.4 Å². The first-order chi connectivity index (χ1) is 5.97. The van der Waals surface area contributed by atoms with Crippen LogP contribution in [0.15, 0.2) is 24.5 Å². The standard InChI is InChI=1S/C10H14N2.ClH/c1-5-11-6-2-9(1)10-3-7-12-8-4-10;/h1-2,5-6,10,12H,3-4,7-8H2;1H. The average Bonchev–Trinajstić information content (AvgIpc) is 2.21. The van der Waals surface area contributed by atoms with Gasteiger partial charge in [-0.3, -0.25) is 4.98 Å². The molecule has 1 fully saturated rings. The van der Waals surface area contributed by atoms with E-state index in [9.17, 15) is 0 Å². The molecule has 0 unspecified atom stereocenters. The van der Waals surface area contributed by atoms with Crippen molar-refractivity contribution in [2.24, 2.45) is 0 Å². The summed E-state index contributed by atoms with van der Waals surface area (Å²) in [5.41, 5.74) is 1.45. The summed E-state index contributed by atoms with van der Waals surface area (Å²) < 4.78 is 0. The van der Waals surface area contributed by atoms with Crippen LogP contribution in [-0.4, -0.2) is 18.1 Å². The van der Waals surface area contributed by atoms with E-state index in [0.29, 0.717) is 0 Å². The molecule has 1 aliphatic heterocycles. The van der Waals surface area contributed by atoms with Gasteiger partial charge in [-0.05, 0) is 49.5 Å². The summed E-state index contributed by atoms with van der Waals surface area (Å²) in [6, 6.07) is 4.27. The molecule has 1 aromatic heterocycles. The highest BCUT2D eigenvalue weighted by Crippen LogP contribution is 2.23. The van der Waals surface area contributed by atoms with Gasteiger partial charge in [0.1, 0.15) is 0 Å². The molecule has 1 aromatic rings. The van der Waals surface area contributed by atoms with Crippen LogP contribution in [0.1, 0.15) is 24.3 Å². The van der Waals surface area contributed by atoms with Crippen LogP contribution < -0.4 is 5.32 Å². The van der Waals surface area contributed by atoms with Gasteiger partial charge in [0.2, 0.25) is 0 Å². The summed E-state index contributed by atoms with van der Waals surface area (Å²) in [6.07, 6.45) is 6.31. The molecule has 0 amide bonds. The van der Waals surface area contributed by atoms with E-state index in [-0.39, 0.29) is 12.4 Å². The number of piperidine rings is 1. The minimum Gasteiger partial charge on any atom is -0.317 e. The number of rotatable bonds is 1. The van der Waals surface area contributed by atoms with Gasteiger partial charge in [-0.25, -0.2) is 0 Å². The first-order valence-electron chi connectivity index (χ1n) is 4.57. The number of halogens is 1. The SMILES string of the molecule is Cl.c1cc(C2CCNCC2)ccn1. The molecule has 0 spiro atoms. The Hall–Kier alpha value is -0.600. The highest BCUT2D eigenvalue weighted by Gasteiger charge is 2.13. The fourth-order valence-electron chi connectivity index (χ4n) is 1.79. The summed E-state index contributed by atoms with van der Waals surface area (Å²) in [5.74, 6) is 0.759. The molecule has 72 valence electrons. The number of aromatic nitrogens is 1. The highest BCUT2D eigenvalue weighted by atomic mass is 35.5. The number of nitrogens with zero attached hydrogens (tertiary/aromatic N) is 1. The Kier molecular flexibility index (Phi) is 4.19. The lowest BCUT2D eigenvalue weighted by atomic mass is 9.91. The van der Waals surface area contributed by atoms with Crippen molar-refractivity contribution >= 4 is 12.4 Å². The van der Waals surface area contributed by atoms with Crippen LogP contribution in [0.4, 0.5) is 0 Å². The Morgan fingerprint density at radius 3 is 2.38 bits per heavy atom. The monoisotopic (exact) mass is 198 g/mol. The molecule has 2 nitrogen and oxygen atoms in total. The van der Waals surface area contributed by atoms with Gasteiger partial charge in [0.15, 0.2) is 0 Å². The average molecular weight is 199 g/mol. The topological polar surface area (TPSA) is 24.9 Å². The lowest BCUT2D eigenvalue weighted by Gasteiger charge is -2.22. The normalized spacial score (nSPS) is 17.8. The molecule has 0 bridgehead atoms. The highest BCUT2D eigenvalue weighted by molar-refractivity contribution is 5.85. The number of nitrogens with one attached hydrogen (secondary N) is 1. The largest absolute Gasteiger partial charge is 0.317 e. The molecule has 0 radical (unpaired) electrons. The molecule has 2 heterocycles. The summed E-state index contributed by atoms with van der Waals surface area (Å²) in [7, 11) is 0. The van der Waals surface area contributed by atoms with E-state index in [2.05, 4.69) is 22.4 Å². The second-order valence-corrected chi connectivity index (χ2v) is 3.30. The number of hydrogen-bond donors (Lipinski definition) is 1. The van der Waals surface area contributed by atoms with Gasteiger partial charge in [0.25, 0.3) is 0 Å². The van der Waals surface area contributed by atoms with E-state index >= 15 is 0 Å². The van der Waals surface area contributed by atoms with Crippen molar-refractivity contribution in [1.29, 1.82) is 0 Å². The van der Waals surface area contributed by atoms with Crippen molar-refractivity contribution in [3.8, 4) is 0 Å².